The Bertz CT molecular complexity index is 946. The summed E-state index contributed by atoms with van der Waals surface area (Å²) >= 11 is 0. The average Bonchev–Trinajstić information content (AvgIpc) is 2.94. The summed E-state index contributed by atoms with van der Waals surface area (Å²) < 4.78 is 69.2. The molecule has 1 heterocycles. The van der Waals surface area contributed by atoms with E-state index in [4.69, 9.17) is 9.47 Å². The number of alkyl halides is 3. The maximum absolute atomic E-state index is 12.5. The molecule has 9 nitrogen and oxygen atoms in total. The summed E-state index contributed by atoms with van der Waals surface area (Å²) in [4.78, 5) is 27.9. The number of carbonyl (C=O) groups excluding carboxylic acids is 2. The molecule has 0 unspecified atom stereocenters. The van der Waals surface area contributed by atoms with E-state index in [1.54, 1.807) is 18.9 Å². The van der Waals surface area contributed by atoms with Crippen molar-refractivity contribution in [1.29, 1.82) is 0 Å². The lowest BCUT2D eigenvalue weighted by atomic mass is 10.2. The number of ether oxygens (including phenoxy) is 2. The van der Waals surface area contributed by atoms with Crippen molar-refractivity contribution in [2.75, 3.05) is 33.4 Å². The van der Waals surface area contributed by atoms with Crippen LogP contribution in [0, 0.1) is 0 Å². The van der Waals surface area contributed by atoms with Crippen molar-refractivity contribution in [2.24, 2.45) is 0 Å². The molecule has 0 atom stereocenters. The predicted octanol–water partition coefficient (Wildman–Crippen LogP) is 4.32. The monoisotopic (exact) mass is 540 g/mol. The maximum Gasteiger partial charge on any atom is 0.523 e. The van der Waals surface area contributed by atoms with Crippen molar-refractivity contribution in [3.05, 3.63) is 29.8 Å². The third-order valence-corrected chi connectivity index (χ3v) is 5.78. The van der Waals surface area contributed by atoms with Crippen molar-refractivity contribution in [3.63, 3.8) is 0 Å². The molecular formula is C23H35F3N2O7S. The molecule has 0 spiro atoms. The van der Waals surface area contributed by atoms with Gasteiger partial charge in [-0.25, -0.2) is 4.79 Å². The van der Waals surface area contributed by atoms with Gasteiger partial charge >= 0.3 is 21.7 Å². The van der Waals surface area contributed by atoms with E-state index >= 15 is 0 Å². The molecule has 0 N–H and O–H groups in total. The maximum atomic E-state index is 12.5. The minimum absolute atomic E-state index is 0.0606. The smallest absolute Gasteiger partial charge is 0.497 e. The molecule has 2 amide bonds. The van der Waals surface area contributed by atoms with Crippen molar-refractivity contribution in [3.8, 4) is 5.75 Å². The van der Waals surface area contributed by atoms with Crippen LogP contribution in [0.1, 0.15) is 52.5 Å². The lowest BCUT2D eigenvalue weighted by molar-refractivity contribution is -0.131. The molecule has 36 heavy (non-hydrogen) atoms. The highest BCUT2D eigenvalue weighted by atomic mass is 32.2. The molecule has 13 heteroatoms. The van der Waals surface area contributed by atoms with Gasteiger partial charge in [-0.1, -0.05) is 25.5 Å². The molecular weight excluding hydrogens is 505 g/mol. The number of hydrogen-bond donors (Lipinski definition) is 0. The number of hydrogen-bond acceptors (Lipinski definition) is 7. The zero-order valence-electron chi connectivity index (χ0n) is 21.3. The molecule has 0 saturated carbocycles. The summed E-state index contributed by atoms with van der Waals surface area (Å²) in [5, 5.41) is 0. The quantitative estimate of drug-likeness (QED) is 0.288. The number of rotatable bonds is 7. The van der Waals surface area contributed by atoms with Gasteiger partial charge in [0.2, 0.25) is 5.91 Å². The van der Waals surface area contributed by atoms with Gasteiger partial charge in [-0.2, -0.15) is 21.6 Å². The van der Waals surface area contributed by atoms with E-state index < -0.39 is 33.9 Å². The lowest BCUT2D eigenvalue weighted by Crippen LogP contribution is -2.41. The minimum Gasteiger partial charge on any atom is -0.497 e. The van der Waals surface area contributed by atoms with Crippen LogP contribution in [-0.4, -0.2) is 74.7 Å². The van der Waals surface area contributed by atoms with Gasteiger partial charge in [0.25, 0.3) is 0 Å². The molecule has 1 saturated heterocycles. The molecule has 1 aliphatic heterocycles. The molecule has 1 aliphatic rings. The van der Waals surface area contributed by atoms with Crippen molar-refractivity contribution in [1.82, 2.24) is 9.80 Å². The Morgan fingerprint density at radius 1 is 1.08 bits per heavy atom. The largest absolute Gasteiger partial charge is 0.523 e. The number of benzene rings is 1. The van der Waals surface area contributed by atoms with E-state index in [1.807, 2.05) is 45.0 Å². The second-order valence-corrected chi connectivity index (χ2v) is 10.6. The zero-order valence-corrected chi connectivity index (χ0v) is 22.1. The highest BCUT2D eigenvalue weighted by Crippen LogP contribution is 2.24. The molecule has 0 radical (unpaired) electrons. The van der Waals surface area contributed by atoms with Crippen LogP contribution in [0.25, 0.3) is 0 Å². The van der Waals surface area contributed by atoms with Gasteiger partial charge in [0.05, 0.1) is 13.7 Å². The molecule has 1 fully saturated rings. The lowest BCUT2D eigenvalue weighted by Gasteiger charge is -2.26. The third-order valence-electron chi connectivity index (χ3n) is 4.74. The zero-order chi connectivity index (χ0) is 27.6. The standard InChI is InChI=1S/C18H26N2O4.C5H9F3O3S/c1-18(2,3)24-17(22)20-11-5-10-19(16(21)13-20)12-14-6-8-15(23-4)9-7-14;1-2-3-4-11-12(9,10)5(6,7)8/h6-9H,5,10-13H2,1-4H3;2-4H2,1H3. The van der Waals surface area contributed by atoms with Crippen LogP contribution in [0.15, 0.2) is 24.3 Å². The first kappa shape index (κ1) is 31.5. The number of halogens is 3. The summed E-state index contributed by atoms with van der Waals surface area (Å²) in [6, 6.07) is 7.65. The van der Waals surface area contributed by atoms with Crippen LogP contribution in [0.3, 0.4) is 0 Å². The van der Waals surface area contributed by atoms with Crippen LogP contribution < -0.4 is 4.74 Å². The van der Waals surface area contributed by atoms with Gasteiger partial charge in [-0.05, 0) is 51.3 Å². The predicted molar refractivity (Wildman–Crippen MR) is 127 cm³/mol. The summed E-state index contributed by atoms with van der Waals surface area (Å²) in [6.45, 7) is 8.50. The van der Waals surface area contributed by atoms with E-state index in [1.165, 1.54) is 4.90 Å². The fourth-order valence-corrected chi connectivity index (χ4v) is 3.37. The van der Waals surface area contributed by atoms with E-state index in [0.717, 1.165) is 17.7 Å². The van der Waals surface area contributed by atoms with Gasteiger partial charge < -0.3 is 14.4 Å². The van der Waals surface area contributed by atoms with Gasteiger partial charge in [0, 0.05) is 19.6 Å². The second-order valence-electron chi connectivity index (χ2n) is 8.99. The van der Waals surface area contributed by atoms with Gasteiger partial charge in [-0.3, -0.25) is 13.9 Å². The SMILES string of the molecule is CCCCOS(=O)(=O)C(F)(F)F.COc1ccc(CN2CCCN(C(=O)OC(C)(C)C)CC2=O)cc1. The van der Waals surface area contributed by atoms with E-state index in [2.05, 4.69) is 4.18 Å². The third kappa shape index (κ3) is 11.0. The fraction of sp³-hybridized carbons (Fsp3) is 0.652. The first-order valence-corrected chi connectivity index (χ1v) is 12.8. The molecule has 206 valence electrons. The Kier molecular flexibility index (Phi) is 12.0. The van der Waals surface area contributed by atoms with Crippen molar-refractivity contribution < 1.29 is 44.8 Å². The van der Waals surface area contributed by atoms with Crippen LogP contribution >= 0.6 is 0 Å². The number of amides is 2. The number of nitrogens with zero attached hydrogens (tertiary/aromatic N) is 2. The summed E-state index contributed by atoms with van der Waals surface area (Å²) in [6.07, 6.45) is 1.17. The molecule has 2 rings (SSSR count). The fourth-order valence-electron chi connectivity index (χ4n) is 2.90. The van der Waals surface area contributed by atoms with Gasteiger partial charge in [-0.15, -0.1) is 0 Å². The Morgan fingerprint density at radius 3 is 2.19 bits per heavy atom. The van der Waals surface area contributed by atoms with E-state index in [0.29, 0.717) is 26.1 Å². The molecule has 1 aromatic rings. The average molecular weight is 541 g/mol. The number of methoxy groups -OCH3 is 1. The Morgan fingerprint density at radius 2 is 1.69 bits per heavy atom. The van der Waals surface area contributed by atoms with Crippen LogP contribution in [0.2, 0.25) is 0 Å². The van der Waals surface area contributed by atoms with Crippen molar-refractivity contribution in [2.45, 2.75) is 64.6 Å². The first-order chi connectivity index (χ1) is 16.6. The summed E-state index contributed by atoms with van der Waals surface area (Å²) in [5.41, 5.74) is -4.83. The number of carbonyl (C=O) groups is 2. The van der Waals surface area contributed by atoms with Crippen LogP contribution in [-0.2, 0) is 30.4 Å². The van der Waals surface area contributed by atoms with Crippen LogP contribution in [0.4, 0.5) is 18.0 Å². The minimum atomic E-state index is -5.37. The molecule has 0 aliphatic carbocycles. The molecule has 0 aromatic heterocycles. The number of unbranched alkanes of at least 4 members (excludes halogenated alkanes) is 1. The van der Waals surface area contributed by atoms with Crippen LogP contribution in [0.5, 0.6) is 5.75 Å². The van der Waals surface area contributed by atoms with E-state index in [-0.39, 0.29) is 18.9 Å². The summed E-state index contributed by atoms with van der Waals surface area (Å²) in [7, 11) is -3.75. The Hall–Kier alpha value is -2.54. The summed E-state index contributed by atoms with van der Waals surface area (Å²) in [5.74, 6) is 0.728. The normalized spacial score (nSPS) is 15.1. The highest BCUT2D eigenvalue weighted by molar-refractivity contribution is 7.87. The molecule has 0 bridgehead atoms. The van der Waals surface area contributed by atoms with Crippen molar-refractivity contribution >= 4 is 22.1 Å². The Labute approximate surface area is 210 Å². The molecule has 1 aromatic carbocycles. The Balaban J connectivity index is 0.000000457. The van der Waals surface area contributed by atoms with Gasteiger partial charge in [0.1, 0.15) is 17.9 Å². The second kappa shape index (κ2) is 13.7. The highest BCUT2D eigenvalue weighted by Gasteiger charge is 2.47. The van der Waals surface area contributed by atoms with E-state index in [9.17, 15) is 31.2 Å². The topological polar surface area (TPSA) is 102 Å². The first-order valence-electron chi connectivity index (χ1n) is 11.4. The van der Waals surface area contributed by atoms with Gasteiger partial charge in [0.15, 0.2) is 0 Å².